The molecule has 2 atom stereocenters. The van der Waals surface area contributed by atoms with Crippen molar-refractivity contribution < 1.29 is 24.2 Å². The second-order valence-corrected chi connectivity index (χ2v) is 8.43. The third-order valence-electron chi connectivity index (χ3n) is 4.55. The lowest BCUT2D eigenvalue weighted by atomic mass is 10.0. The van der Waals surface area contributed by atoms with Gasteiger partial charge < -0.3 is 25.4 Å². The van der Waals surface area contributed by atoms with Gasteiger partial charge in [0.05, 0.1) is 12.7 Å². The molecule has 1 rings (SSSR count). The molecule has 0 radical (unpaired) electrons. The fourth-order valence-corrected chi connectivity index (χ4v) is 3.02. The molecule has 0 bridgehead atoms. The Labute approximate surface area is 195 Å². The maximum absolute atomic E-state index is 13.3. The number of nitrogens with one attached hydrogen (secondary N) is 2. The van der Waals surface area contributed by atoms with Crippen LogP contribution >= 0.6 is 0 Å². The molecule has 0 spiro atoms. The molecule has 1 aromatic rings. The van der Waals surface area contributed by atoms with Gasteiger partial charge in [0.2, 0.25) is 11.8 Å². The second-order valence-electron chi connectivity index (χ2n) is 8.43. The number of nitriles is 1. The van der Waals surface area contributed by atoms with Gasteiger partial charge in [-0.1, -0.05) is 44.2 Å². The van der Waals surface area contributed by atoms with E-state index in [4.69, 9.17) is 4.74 Å². The lowest BCUT2D eigenvalue weighted by Gasteiger charge is -2.32. The van der Waals surface area contributed by atoms with Crippen LogP contribution in [0, 0.1) is 11.3 Å². The minimum atomic E-state index is -1.40. The van der Waals surface area contributed by atoms with Gasteiger partial charge in [-0.2, -0.15) is 5.26 Å². The van der Waals surface area contributed by atoms with E-state index in [1.807, 2.05) is 13.0 Å². The van der Waals surface area contributed by atoms with E-state index in [1.54, 1.807) is 51.1 Å². The van der Waals surface area contributed by atoms with Gasteiger partial charge in [0.1, 0.15) is 24.2 Å². The minimum Gasteiger partial charge on any atom is -0.444 e. The average molecular weight is 459 g/mol. The van der Waals surface area contributed by atoms with Crippen LogP contribution in [0.2, 0.25) is 0 Å². The topological polar surface area (TPSA) is 132 Å². The molecule has 180 valence electrons. The number of benzene rings is 1. The fraction of sp³-hybridized carbons (Fsp3) is 0.500. The van der Waals surface area contributed by atoms with Gasteiger partial charge in [-0.05, 0) is 44.4 Å². The van der Waals surface area contributed by atoms with E-state index in [2.05, 4.69) is 17.2 Å². The lowest BCUT2D eigenvalue weighted by Crippen LogP contribution is -2.54. The molecule has 0 aliphatic carbocycles. The molecule has 9 nitrogen and oxygen atoms in total. The third-order valence-corrected chi connectivity index (χ3v) is 4.55. The van der Waals surface area contributed by atoms with Gasteiger partial charge in [-0.25, -0.2) is 4.79 Å². The molecule has 2 unspecified atom stereocenters. The van der Waals surface area contributed by atoms with Gasteiger partial charge in [0, 0.05) is 6.54 Å². The highest BCUT2D eigenvalue weighted by molar-refractivity contribution is 5.92. The zero-order chi connectivity index (χ0) is 25.0. The van der Waals surface area contributed by atoms with Crippen molar-refractivity contribution in [2.45, 2.75) is 58.2 Å². The van der Waals surface area contributed by atoms with Crippen molar-refractivity contribution in [2.75, 3.05) is 19.7 Å². The summed E-state index contributed by atoms with van der Waals surface area (Å²) in [6.07, 6.45) is 2.32. The number of nitrogens with zero attached hydrogens (tertiary/aromatic N) is 2. The quantitative estimate of drug-likeness (QED) is 0.345. The maximum atomic E-state index is 13.3. The Hall–Kier alpha value is -3.38. The molecular weight excluding hydrogens is 424 g/mol. The van der Waals surface area contributed by atoms with Gasteiger partial charge in [-0.3, -0.25) is 9.59 Å². The number of amides is 3. The van der Waals surface area contributed by atoms with E-state index in [0.717, 1.165) is 23.3 Å². The first kappa shape index (κ1) is 27.7. The zero-order valence-electron chi connectivity index (χ0n) is 19.8. The molecule has 0 aliphatic rings. The van der Waals surface area contributed by atoms with Crippen molar-refractivity contribution in [3.8, 4) is 6.07 Å². The standard InChI is InChI=1S/C24H34N4O5/c1-6-8-13-26-21(30)20(18-11-9-10-17(7-2)15-18)28(14-12-25)22(31)19(16-29)27-23(32)33-24(3,4)5/h7,9-11,15,19-20,29H,2,6,8,13-14,16H2,1,3-5H3,(H,26,30)(H,27,32). The smallest absolute Gasteiger partial charge is 0.408 e. The molecule has 9 heteroatoms. The van der Waals surface area contributed by atoms with Crippen LogP contribution < -0.4 is 10.6 Å². The summed E-state index contributed by atoms with van der Waals surface area (Å²) in [5.41, 5.74) is 0.388. The van der Waals surface area contributed by atoms with Crippen molar-refractivity contribution in [3.63, 3.8) is 0 Å². The average Bonchev–Trinajstić information content (AvgIpc) is 2.75. The first-order chi connectivity index (χ1) is 15.6. The monoisotopic (exact) mass is 458 g/mol. The van der Waals surface area contributed by atoms with Crippen LogP contribution in [0.5, 0.6) is 0 Å². The van der Waals surface area contributed by atoms with E-state index >= 15 is 0 Å². The number of rotatable bonds is 11. The molecule has 1 aromatic carbocycles. The Morgan fingerprint density at radius 1 is 1.33 bits per heavy atom. The molecular formula is C24H34N4O5. The summed E-state index contributed by atoms with van der Waals surface area (Å²) >= 11 is 0. The predicted octanol–water partition coefficient (Wildman–Crippen LogP) is 2.52. The van der Waals surface area contributed by atoms with Crippen LogP contribution in [-0.2, 0) is 14.3 Å². The highest BCUT2D eigenvalue weighted by Crippen LogP contribution is 2.24. The lowest BCUT2D eigenvalue weighted by molar-refractivity contribution is -0.142. The summed E-state index contributed by atoms with van der Waals surface area (Å²) in [6.45, 7) is 9.92. The van der Waals surface area contributed by atoms with E-state index in [0.29, 0.717) is 12.1 Å². The first-order valence-electron chi connectivity index (χ1n) is 10.9. The third kappa shape index (κ3) is 8.94. The molecule has 0 saturated heterocycles. The van der Waals surface area contributed by atoms with Crippen molar-refractivity contribution in [2.24, 2.45) is 0 Å². The molecule has 0 saturated carbocycles. The van der Waals surface area contributed by atoms with Gasteiger partial charge >= 0.3 is 6.09 Å². The largest absolute Gasteiger partial charge is 0.444 e. The van der Waals surface area contributed by atoms with Crippen molar-refractivity contribution in [1.29, 1.82) is 5.26 Å². The first-order valence-corrected chi connectivity index (χ1v) is 10.9. The molecule has 3 N–H and O–H groups in total. The van der Waals surface area contributed by atoms with Crippen LogP contribution in [0.4, 0.5) is 4.79 Å². The highest BCUT2D eigenvalue weighted by Gasteiger charge is 2.36. The van der Waals surface area contributed by atoms with E-state index in [-0.39, 0.29) is 0 Å². The highest BCUT2D eigenvalue weighted by atomic mass is 16.6. The number of aliphatic hydroxyl groups is 1. The summed E-state index contributed by atoms with van der Waals surface area (Å²) in [5.74, 6) is -1.26. The number of unbranched alkanes of at least 4 members (excludes halogenated alkanes) is 1. The SMILES string of the molecule is C=Cc1cccc(C(C(=O)NCCCC)N(CC#N)C(=O)C(CO)NC(=O)OC(C)(C)C)c1. The Balaban J connectivity index is 3.33. The molecule has 0 fully saturated rings. The summed E-state index contributed by atoms with van der Waals surface area (Å²) in [5, 5.41) is 24.3. The number of carbonyl (C=O) groups is 3. The van der Waals surface area contributed by atoms with Crippen molar-refractivity contribution in [3.05, 3.63) is 42.0 Å². The second kappa shape index (κ2) is 13.2. The Morgan fingerprint density at radius 3 is 2.58 bits per heavy atom. The Morgan fingerprint density at radius 2 is 2.03 bits per heavy atom. The minimum absolute atomic E-state index is 0.404. The molecule has 0 aromatic heterocycles. The maximum Gasteiger partial charge on any atom is 0.408 e. The normalized spacial score (nSPS) is 12.6. The fourth-order valence-electron chi connectivity index (χ4n) is 3.02. The summed E-state index contributed by atoms with van der Waals surface area (Å²) < 4.78 is 5.16. The van der Waals surface area contributed by atoms with E-state index in [9.17, 15) is 24.8 Å². The number of ether oxygens (including phenoxy) is 1. The molecule has 0 heterocycles. The Bertz CT molecular complexity index is 872. The summed E-state index contributed by atoms with van der Waals surface area (Å²) in [7, 11) is 0. The number of hydrogen-bond acceptors (Lipinski definition) is 6. The summed E-state index contributed by atoms with van der Waals surface area (Å²) in [6, 6.07) is 6.23. The number of aliphatic hydroxyl groups excluding tert-OH is 1. The van der Waals surface area contributed by atoms with Gasteiger partial charge in [-0.15, -0.1) is 0 Å². The number of carbonyl (C=O) groups excluding carboxylic acids is 3. The van der Waals surface area contributed by atoms with Crippen LogP contribution in [0.25, 0.3) is 6.08 Å². The Kier molecular flexibility index (Phi) is 11.1. The van der Waals surface area contributed by atoms with Crippen molar-refractivity contribution >= 4 is 24.0 Å². The predicted molar refractivity (Wildman–Crippen MR) is 125 cm³/mol. The summed E-state index contributed by atoms with van der Waals surface area (Å²) in [4.78, 5) is 39.7. The molecule has 0 aliphatic heterocycles. The van der Waals surface area contributed by atoms with Crippen molar-refractivity contribution in [1.82, 2.24) is 15.5 Å². The molecule has 33 heavy (non-hydrogen) atoms. The van der Waals surface area contributed by atoms with Crippen LogP contribution in [0.1, 0.15) is 57.7 Å². The van der Waals surface area contributed by atoms with E-state index < -0.39 is 48.7 Å². The molecule has 3 amide bonds. The van der Waals surface area contributed by atoms with Gasteiger partial charge in [0.25, 0.3) is 0 Å². The number of hydrogen-bond donors (Lipinski definition) is 3. The van der Waals surface area contributed by atoms with Crippen LogP contribution in [-0.4, -0.2) is 59.3 Å². The van der Waals surface area contributed by atoms with Gasteiger partial charge in [0.15, 0.2) is 0 Å². The zero-order valence-corrected chi connectivity index (χ0v) is 19.8. The van der Waals surface area contributed by atoms with Crippen LogP contribution in [0.3, 0.4) is 0 Å². The van der Waals surface area contributed by atoms with E-state index in [1.165, 1.54) is 0 Å². The number of alkyl carbamates (subject to hydrolysis) is 1. The van der Waals surface area contributed by atoms with Crippen LogP contribution in [0.15, 0.2) is 30.8 Å².